The van der Waals surface area contributed by atoms with Gasteiger partial charge in [-0.3, -0.25) is 4.79 Å². The number of nitrogens with zero attached hydrogens (tertiary/aromatic N) is 1. The number of amides is 1. The maximum Gasteiger partial charge on any atom is 0.307 e. The van der Waals surface area contributed by atoms with Crippen LogP contribution >= 0.6 is 0 Å². The third-order valence-corrected chi connectivity index (χ3v) is 3.14. The zero-order valence-electron chi connectivity index (χ0n) is 11.9. The van der Waals surface area contributed by atoms with Gasteiger partial charge < -0.3 is 9.15 Å². The van der Waals surface area contributed by atoms with Gasteiger partial charge in [-0.1, -0.05) is 18.2 Å². The van der Waals surface area contributed by atoms with Crippen molar-refractivity contribution in [3.05, 3.63) is 65.9 Å². The molecule has 110 valence electrons. The van der Waals surface area contributed by atoms with Gasteiger partial charge in [0.15, 0.2) is 5.76 Å². The molecule has 0 saturated carbocycles. The van der Waals surface area contributed by atoms with Crippen LogP contribution in [0.15, 0.2) is 64.1 Å². The monoisotopic (exact) mass is 294 g/mol. The summed E-state index contributed by atoms with van der Waals surface area (Å²) in [5.41, 5.74) is 3.97. The van der Waals surface area contributed by atoms with Gasteiger partial charge in [0.2, 0.25) is 0 Å². The third kappa shape index (κ3) is 2.98. The first-order chi connectivity index (χ1) is 10.8. The van der Waals surface area contributed by atoms with E-state index < -0.39 is 0 Å². The molecule has 1 heterocycles. The van der Waals surface area contributed by atoms with Crippen LogP contribution in [0.1, 0.15) is 16.1 Å². The van der Waals surface area contributed by atoms with E-state index in [1.54, 1.807) is 19.4 Å². The summed E-state index contributed by atoms with van der Waals surface area (Å²) in [5, 5.41) is 4.80. The van der Waals surface area contributed by atoms with E-state index in [2.05, 4.69) is 10.5 Å². The molecule has 1 aromatic heterocycles. The van der Waals surface area contributed by atoms with Crippen LogP contribution in [-0.4, -0.2) is 19.2 Å². The lowest BCUT2D eigenvalue weighted by molar-refractivity contribution is 0.0929. The number of methoxy groups -OCH3 is 1. The standard InChI is InChI=1S/C17H14N2O3/c1-21-14-8-6-12(7-9-14)11-18-19-17(20)16-10-13-4-2-3-5-15(13)22-16/h2-11H,1H3,(H,19,20)/b18-11-. The summed E-state index contributed by atoms with van der Waals surface area (Å²) in [6, 6.07) is 16.5. The van der Waals surface area contributed by atoms with E-state index in [9.17, 15) is 4.79 Å². The Morgan fingerprint density at radius 1 is 1.18 bits per heavy atom. The van der Waals surface area contributed by atoms with E-state index in [1.807, 2.05) is 48.5 Å². The minimum atomic E-state index is -0.388. The highest BCUT2D eigenvalue weighted by molar-refractivity contribution is 5.96. The molecule has 5 heteroatoms. The molecule has 3 aromatic rings. The molecule has 3 rings (SSSR count). The topological polar surface area (TPSA) is 63.8 Å². The van der Waals surface area contributed by atoms with Crippen molar-refractivity contribution in [2.24, 2.45) is 5.10 Å². The predicted molar refractivity (Wildman–Crippen MR) is 84.3 cm³/mol. The molecule has 5 nitrogen and oxygen atoms in total. The minimum Gasteiger partial charge on any atom is -0.497 e. The Kier molecular flexibility index (Phi) is 3.87. The molecular weight excluding hydrogens is 280 g/mol. The largest absolute Gasteiger partial charge is 0.497 e. The molecule has 0 bridgehead atoms. The molecular formula is C17H14N2O3. The highest BCUT2D eigenvalue weighted by atomic mass is 16.5. The first-order valence-electron chi connectivity index (χ1n) is 6.72. The Balaban J connectivity index is 1.67. The number of hydrogen-bond acceptors (Lipinski definition) is 4. The lowest BCUT2D eigenvalue weighted by Crippen LogP contribution is -2.16. The molecule has 0 radical (unpaired) electrons. The van der Waals surface area contributed by atoms with Crippen LogP contribution in [0.2, 0.25) is 0 Å². The van der Waals surface area contributed by atoms with Crippen molar-refractivity contribution in [1.82, 2.24) is 5.43 Å². The summed E-state index contributed by atoms with van der Waals surface area (Å²) >= 11 is 0. The first-order valence-corrected chi connectivity index (χ1v) is 6.72. The molecule has 1 N–H and O–H groups in total. The number of benzene rings is 2. The second-order valence-corrected chi connectivity index (χ2v) is 4.62. The van der Waals surface area contributed by atoms with E-state index in [0.29, 0.717) is 5.58 Å². The minimum absolute atomic E-state index is 0.230. The molecule has 0 unspecified atom stereocenters. The van der Waals surface area contributed by atoms with Crippen molar-refractivity contribution < 1.29 is 13.9 Å². The third-order valence-electron chi connectivity index (χ3n) is 3.14. The molecule has 0 saturated heterocycles. The Hall–Kier alpha value is -3.08. The van der Waals surface area contributed by atoms with E-state index in [0.717, 1.165) is 16.7 Å². The molecule has 0 aliphatic carbocycles. The molecule has 0 aliphatic rings. The molecule has 0 fully saturated rings. The summed E-state index contributed by atoms with van der Waals surface area (Å²) < 4.78 is 10.5. The SMILES string of the molecule is COc1ccc(/C=N\NC(=O)c2cc3ccccc3o2)cc1. The van der Waals surface area contributed by atoms with Crippen LogP contribution in [0.5, 0.6) is 5.75 Å². The fourth-order valence-corrected chi connectivity index (χ4v) is 2.00. The van der Waals surface area contributed by atoms with Gasteiger partial charge in [-0.25, -0.2) is 5.43 Å². The number of carbonyl (C=O) groups excluding carboxylic acids is 1. The Bertz CT molecular complexity index is 786. The number of hydrazone groups is 1. The van der Waals surface area contributed by atoms with E-state index >= 15 is 0 Å². The Morgan fingerprint density at radius 3 is 2.68 bits per heavy atom. The number of furan rings is 1. The van der Waals surface area contributed by atoms with Crippen LogP contribution in [0, 0.1) is 0 Å². The second-order valence-electron chi connectivity index (χ2n) is 4.62. The molecule has 0 aliphatic heterocycles. The predicted octanol–water partition coefficient (Wildman–Crippen LogP) is 3.21. The molecule has 0 spiro atoms. The molecule has 0 atom stereocenters. The van der Waals surface area contributed by atoms with E-state index in [-0.39, 0.29) is 11.7 Å². The number of hydrogen-bond donors (Lipinski definition) is 1. The van der Waals surface area contributed by atoms with Crippen LogP contribution in [0.4, 0.5) is 0 Å². The van der Waals surface area contributed by atoms with Gasteiger partial charge in [-0.15, -0.1) is 0 Å². The molecule has 22 heavy (non-hydrogen) atoms. The summed E-state index contributed by atoms with van der Waals surface area (Å²) in [4.78, 5) is 12.0. The van der Waals surface area contributed by atoms with Gasteiger partial charge >= 0.3 is 5.91 Å². The zero-order valence-corrected chi connectivity index (χ0v) is 11.9. The van der Waals surface area contributed by atoms with Gasteiger partial charge in [0, 0.05) is 5.39 Å². The van der Waals surface area contributed by atoms with Gasteiger partial charge in [-0.2, -0.15) is 5.10 Å². The van der Waals surface area contributed by atoms with Crippen LogP contribution in [0.25, 0.3) is 11.0 Å². The van der Waals surface area contributed by atoms with E-state index in [4.69, 9.17) is 9.15 Å². The van der Waals surface area contributed by atoms with Crippen LogP contribution in [0.3, 0.4) is 0 Å². The summed E-state index contributed by atoms with van der Waals surface area (Å²) in [5.74, 6) is 0.609. The highest BCUT2D eigenvalue weighted by Crippen LogP contribution is 2.18. The van der Waals surface area contributed by atoms with E-state index in [1.165, 1.54) is 0 Å². The van der Waals surface area contributed by atoms with Crippen molar-refractivity contribution in [2.45, 2.75) is 0 Å². The maximum atomic E-state index is 12.0. The number of para-hydroxylation sites is 1. The lowest BCUT2D eigenvalue weighted by Gasteiger charge is -1.99. The van der Waals surface area contributed by atoms with Gasteiger partial charge in [0.25, 0.3) is 0 Å². The zero-order chi connectivity index (χ0) is 15.4. The van der Waals surface area contributed by atoms with Crippen molar-refractivity contribution in [2.75, 3.05) is 7.11 Å². The van der Waals surface area contributed by atoms with Crippen molar-refractivity contribution in [1.29, 1.82) is 0 Å². The smallest absolute Gasteiger partial charge is 0.307 e. The van der Waals surface area contributed by atoms with Crippen LogP contribution in [-0.2, 0) is 0 Å². The average molecular weight is 294 g/mol. The molecule has 1 amide bonds. The highest BCUT2D eigenvalue weighted by Gasteiger charge is 2.10. The molecule has 2 aromatic carbocycles. The first kappa shape index (κ1) is 13.9. The summed E-state index contributed by atoms with van der Waals surface area (Å²) in [7, 11) is 1.61. The number of ether oxygens (including phenoxy) is 1. The second kappa shape index (κ2) is 6.13. The Labute approximate surface area is 127 Å². The fraction of sp³-hybridized carbons (Fsp3) is 0.0588. The van der Waals surface area contributed by atoms with Crippen LogP contribution < -0.4 is 10.2 Å². The Morgan fingerprint density at radius 2 is 1.95 bits per heavy atom. The van der Waals surface area contributed by atoms with Crippen molar-refractivity contribution in [3.8, 4) is 5.75 Å². The van der Waals surface area contributed by atoms with Gasteiger partial charge in [0.1, 0.15) is 11.3 Å². The lowest BCUT2D eigenvalue weighted by atomic mass is 10.2. The number of nitrogens with one attached hydrogen (secondary N) is 1. The number of fused-ring (bicyclic) bond motifs is 1. The van der Waals surface area contributed by atoms with Crippen molar-refractivity contribution in [3.63, 3.8) is 0 Å². The summed E-state index contributed by atoms with van der Waals surface area (Å²) in [6.45, 7) is 0. The quantitative estimate of drug-likeness (QED) is 0.593. The average Bonchev–Trinajstić information content (AvgIpc) is 2.99. The normalized spacial score (nSPS) is 11.0. The van der Waals surface area contributed by atoms with Gasteiger partial charge in [0.05, 0.1) is 13.3 Å². The number of carbonyl (C=O) groups is 1. The van der Waals surface area contributed by atoms with Gasteiger partial charge in [-0.05, 0) is 42.0 Å². The van der Waals surface area contributed by atoms with Crippen molar-refractivity contribution >= 4 is 23.1 Å². The summed E-state index contributed by atoms with van der Waals surface area (Å²) in [6.07, 6.45) is 1.56. The fourth-order valence-electron chi connectivity index (χ4n) is 2.00. The maximum absolute atomic E-state index is 12.0. The number of rotatable bonds is 4.